The van der Waals surface area contributed by atoms with E-state index < -0.39 is 28.3 Å². The number of nitrogens with one attached hydrogen (secondary N) is 1. The fourth-order valence-corrected chi connectivity index (χ4v) is 7.78. The van der Waals surface area contributed by atoms with E-state index in [0.29, 0.717) is 30.3 Å². The van der Waals surface area contributed by atoms with Gasteiger partial charge in [-0.1, -0.05) is 25.1 Å². The van der Waals surface area contributed by atoms with E-state index in [1.807, 2.05) is 44.2 Å². The monoisotopic (exact) mass is 605 g/mol. The van der Waals surface area contributed by atoms with Crippen LogP contribution in [-0.2, 0) is 40.3 Å². The summed E-state index contributed by atoms with van der Waals surface area (Å²) in [6.45, 7) is 7.73. The third kappa shape index (κ3) is 6.43. The minimum absolute atomic E-state index is 0.0169. The number of hydrogen-bond donors (Lipinski definition) is 1. The summed E-state index contributed by atoms with van der Waals surface area (Å²) in [6.07, 6.45) is -0.909. The first kappa shape index (κ1) is 29.9. The SMILES string of the molecule is CCS(=O)c1ccc(CNC(=O)c2cc3c(s2)C2(CCN(C(C)c4ccc(C(F)(F)F)nc4)CC2)OC(C)C3)cc1. The predicted molar refractivity (Wildman–Crippen MR) is 153 cm³/mol. The Hall–Kier alpha value is -2.60. The average Bonchev–Trinajstić information content (AvgIpc) is 3.40. The zero-order chi connectivity index (χ0) is 29.4. The highest BCUT2D eigenvalue weighted by Crippen LogP contribution is 2.48. The molecule has 11 heteroatoms. The molecule has 1 saturated heterocycles. The molecule has 1 aromatic carbocycles. The summed E-state index contributed by atoms with van der Waals surface area (Å²) >= 11 is 1.49. The van der Waals surface area contributed by atoms with Gasteiger partial charge in [-0.2, -0.15) is 13.2 Å². The standard InChI is InChI=1S/C30H34F3N3O3S2/c1-4-41(38)24-8-5-21(6-9-24)17-35-28(37)25-16-23-15-19(2)39-29(27(23)40-25)11-13-36(14-12-29)20(3)22-7-10-26(34-18-22)30(31,32)33/h5-10,16,18-20H,4,11-15,17H2,1-3H3,(H,35,37). The number of benzene rings is 1. The molecule has 2 aromatic heterocycles. The summed E-state index contributed by atoms with van der Waals surface area (Å²) in [4.78, 5) is 21.5. The number of rotatable bonds is 7. The number of hydrogen-bond acceptors (Lipinski definition) is 6. The van der Waals surface area contributed by atoms with Gasteiger partial charge in [0.2, 0.25) is 0 Å². The molecule has 2 aliphatic heterocycles. The molecule has 1 N–H and O–H groups in total. The summed E-state index contributed by atoms with van der Waals surface area (Å²) in [5.41, 5.74) is 1.47. The third-order valence-corrected chi connectivity index (χ3v) is 10.7. The molecule has 1 amide bonds. The van der Waals surface area contributed by atoms with Crippen LogP contribution in [0.15, 0.2) is 53.6 Å². The molecule has 0 saturated carbocycles. The Labute approximate surface area is 244 Å². The predicted octanol–water partition coefficient (Wildman–Crippen LogP) is 6.23. The second-order valence-corrected chi connectivity index (χ2v) is 13.5. The van der Waals surface area contributed by atoms with E-state index >= 15 is 0 Å². The number of thiophene rings is 1. The van der Waals surface area contributed by atoms with E-state index in [0.717, 1.165) is 51.8 Å². The summed E-state index contributed by atoms with van der Waals surface area (Å²) in [5, 5.41) is 3.01. The maximum absolute atomic E-state index is 13.1. The Morgan fingerprint density at radius 3 is 2.54 bits per heavy atom. The lowest BCUT2D eigenvalue weighted by Crippen LogP contribution is -2.48. The lowest BCUT2D eigenvalue weighted by molar-refractivity contribution is -0.141. The minimum atomic E-state index is -4.45. The Bertz CT molecular complexity index is 1400. The number of carbonyl (C=O) groups is 1. The molecule has 0 radical (unpaired) electrons. The summed E-state index contributed by atoms with van der Waals surface area (Å²) in [7, 11) is -1.01. The largest absolute Gasteiger partial charge is 0.433 e. The first-order chi connectivity index (χ1) is 19.5. The van der Waals surface area contributed by atoms with Crippen LogP contribution < -0.4 is 5.32 Å². The van der Waals surface area contributed by atoms with Crippen molar-refractivity contribution < 1.29 is 26.9 Å². The normalized spacial score (nSPS) is 20.4. The van der Waals surface area contributed by atoms with Crippen LogP contribution >= 0.6 is 11.3 Å². The van der Waals surface area contributed by atoms with E-state index in [4.69, 9.17) is 4.74 Å². The first-order valence-electron chi connectivity index (χ1n) is 13.8. The van der Waals surface area contributed by atoms with Crippen molar-refractivity contribution in [1.29, 1.82) is 0 Å². The second-order valence-electron chi connectivity index (χ2n) is 10.7. The smallest absolute Gasteiger partial charge is 0.366 e. The quantitative estimate of drug-likeness (QED) is 0.346. The second kappa shape index (κ2) is 11.9. The molecule has 6 nitrogen and oxygen atoms in total. The van der Waals surface area contributed by atoms with Crippen LogP contribution in [0.1, 0.15) is 76.6 Å². The maximum atomic E-state index is 13.1. The van der Waals surface area contributed by atoms with Crippen molar-refractivity contribution in [3.8, 4) is 0 Å². The van der Waals surface area contributed by atoms with Crippen molar-refractivity contribution in [3.63, 3.8) is 0 Å². The Morgan fingerprint density at radius 2 is 1.93 bits per heavy atom. The number of alkyl halides is 3. The number of pyridine rings is 1. The van der Waals surface area contributed by atoms with Crippen LogP contribution in [0.4, 0.5) is 13.2 Å². The number of halogens is 3. The number of amides is 1. The van der Waals surface area contributed by atoms with Crippen LogP contribution in [0.2, 0.25) is 0 Å². The summed E-state index contributed by atoms with van der Waals surface area (Å²) < 4.78 is 57.3. The lowest BCUT2D eigenvalue weighted by Gasteiger charge is -2.47. The number of aromatic nitrogens is 1. The Balaban J connectivity index is 1.25. The molecule has 0 bridgehead atoms. The fourth-order valence-electron chi connectivity index (χ4n) is 5.71. The topological polar surface area (TPSA) is 71.5 Å². The molecule has 1 fully saturated rings. The first-order valence-corrected chi connectivity index (χ1v) is 16.0. The molecule has 3 unspecified atom stereocenters. The highest BCUT2D eigenvalue weighted by atomic mass is 32.2. The molecular formula is C30H34F3N3O3S2. The number of carbonyl (C=O) groups excluding carboxylic acids is 1. The molecule has 2 aliphatic rings. The maximum Gasteiger partial charge on any atom is 0.433 e. The molecule has 1 spiro atoms. The van der Waals surface area contributed by atoms with Crippen LogP contribution in [0.25, 0.3) is 0 Å². The van der Waals surface area contributed by atoms with E-state index in [2.05, 4.69) is 22.1 Å². The molecule has 4 heterocycles. The van der Waals surface area contributed by atoms with E-state index in [9.17, 15) is 22.2 Å². The van der Waals surface area contributed by atoms with Gasteiger partial charge >= 0.3 is 6.18 Å². The molecule has 3 atom stereocenters. The Kier molecular flexibility index (Phi) is 8.71. The number of likely N-dealkylation sites (tertiary alicyclic amines) is 1. The van der Waals surface area contributed by atoms with Gasteiger partial charge in [0, 0.05) is 47.4 Å². The minimum Gasteiger partial charge on any atom is -0.366 e. The lowest BCUT2D eigenvalue weighted by atomic mass is 9.83. The zero-order valence-electron chi connectivity index (χ0n) is 23.3. The Morgan fingerprint density at radius 1 is 1.22 bits per heavy atom. The van der Waals surface area contributed by atoms with Crippen LogP contribution in [-0.4, -0.2) is 44.9 Å². The van der Waals surface area contributed by atoms with Gasteiger partial charge in [-0.25, -0.2) is 0 Å². The van der Waals surface area contributed by atoms with Crippen molar-refractivity contribution in [2.24, 2.45) is 0 Å². The van der Waals surface area contributed by atoms with Gasteiger partial charge in [0.1, 0.15) is 11.3 Å². The molecule has 5 rings (SSSR count). The number of nitrogens with zero attached hydrogens (tertiary/aromatic N) is 2. The van der Waals surface area contributed by atoms with Crippen molar-refractivity contribution in [3.05, 3.63) is 80.8 Å². The van der Waals surface area contributed by atoms with Gasteiger partial charge in [-0.05, 0) is 74.1 Å². The van der Waals surface area contributed by atoms with E-state index in [1.165, 1.54) is 23.6 Å². The van der Waals surface area contributed by atoms with Crippen LogP contribution in [0, 0.1) is 0 Å². The highest BCUT2D eigenvalue weighted by Gasteiger charge is 2.45. The molecule has 220 valence electrons. The fraction of sp³-hybridized carbons (Fsp3) is 0.467. The van der Waals surface area contributed by atoms with Crippen LogP contribution in [0.3, 0.4) is 0 Å². The molecule has 41 heavy (non-hydrogen) atoms. The van der Waals surface area contributed by atoms with E-state index in [-0.39, 0.29) is 18.1 Å². The van der Waals surface area contributed by atoms with Gasteiger partial charge in [0.15, 0.2) is 0 Å². The highest BCUT2D eigenvalue weighted by molar-refractivity contribution is 7.85. The zero-order valence-corrected chi connectivity index (χ0v) is 24.9. The summed E-state index contributed by atoms with van der Waals surface area (Å²) in [5.74, 6) is 0.436. The van der Waals surface area contributed by atoms with Crippen molar-refractivity contribution in [2.75, 3.05) is 18.8 Å². The average molecular weight is 606 g/mol. The van der Waals surface area contributed by atoms with Gasteiger partial charge < -0.3 is 10.1 Å². The van der Waals surface area contributed by atoms with E-state index in [1.54, 1.807) is 0 Å². The van der Waals surface area contributed by atoms with Gasteiger partial charge in [-0.15, -0.1) is 11.3 Å². The number of fused-ring (bicyclic) bond motifs is 2. The van der Waals surface area contributed by atoms with Gasteiger partial charge in [-0.3, -0.25) is 18.9 Å². The van der Waals surface area contributed by atoms with Crippen molar-refractivity contribution in [1.82, 2.24) is 15.2 Å². The third-order valence-electron chi connectivity index (χ3n) is 7.99. The number of piperidine rings is 1. The van der Waals surface area contributed by atoms with Gasteiger partial charge in [0.05, 0.1) is 21.8 Å². The van der Waals surface area contributed by atoms with Crippen molar-refractivity contribution in [2.45, 2.75) is 75.4 Å². The molecule has 3 aromatic rings. The van der Waals surface area contributed by atoms with Gasteiger partial charge in [0.25, 0.3) is 5.91 Å². The van der Waals surface area contributed by atoms with Crippen LogP contribution in [0.5, 0.6) is 0 Å². The number of ether oxygens (including phenoxy) is 1. The molecular weight excluding hydrogens is 571 g/mol. The summed E-state index contributed by atoms with van der Waals surface area (Å²) in [6, 6.07) is 11.9. The molecule has 0 aliphatic carbocycles. The van der Waals surface area contributed by atoms with Crippen molar-refractivity contribution >= 4 is 28.0 Å².